The topological polar surface area (TPSA) is 12.9 Å². The molecular weight excluding hydrogens is 307 g/mol. The summed E-state index contributed by atoms with van der Waals surface area (Å²) in [6.45, 7) is 8.00. The van der Waals surface area contributed by atoms with Crippen LogP contribution in [-0.4, -0.2) is 4.98 Å². The van der Waals surface area contributed by atoms with Crippen LogP contribution in [0.5, 0.6) is 0 Å². The second kappa shape index (κ2) is 11.3. The molecule has 0 N–H and O–H groups in total. The first-order chi connectivity index (χ1) is 8.45. The van der Waals surface area contributed by atoms with Crippen molar-refractivity contribution in [1.82, 2.24) is 4.98 Å². The molecule has 0 saturated carbocycles. The Hall–Kier alpha value is -0.526. The molecule has 0 bridgehead atoms. The first-order valence-electron chi connectivity index (χ1n) is 6.48. The summed E-state index contributed by atoms with van der Waals surface area (Å²) < 4.78 is 0. The van der Waals surface area contributed by atoms with Crippen molar-refractivity contribution in [2.24, 2.45) is 0 Å². The smallest absolute Gasteiger partial charge is 0.0708 e. The van der Waals surface area contributed by atoms with E-state index in [2.05, 4.69) is 35.3 Å². The molecule has 0 saturated heterocycles. The van der Waals surface area contributed by atoms with Crippen LogP contribution in [0.1, 0.15) is 38.8 Å². The summed E-state index contributed by atoms with van der Waals surface area (Å²) in [5.74, 6) is 0. The maximum atomic E-state index is 4.32. The van der Waals surface area contributed by atoms with Crippen LogP contribution in [-0.2, 0) is 39.1 Å². The van der Waals surface area contributed by atoms with Gasteiger partial charge in [-0.1, -0.05) is 52.0 Å². The molecule has 1 radical (unpaired) electrons. The van der Waals surface area contributed by atoms with E-state index in [4.69, 9.17) is 0 Å². The predicted octanol–water partition coefficient (Wildman–Crippen LogP) is 5.30. The number of pyridine rings is 1. The molecule has 2 heteroatoms. The van der Waals surface area contributed by atoms with Crippen molar-refractivity contribution >= 4 is 17.0 Å². The van der Waals surface area contributed by atoms with Gasteiger partial charge in [0.15, 0.2) is 0 Å². The van der Waals surface area contributed by atoms with Gasteiger partial charge in [0.25, 0.3) is 0 Å². The number of nitrogens with zero attached hydrogens (tertiary/aromatic N) is 1. The number of hydrogen-bond acceptors (Lipinski definition) is 1. The van der Waals surface area contributed by atoms with Crippen LogP contribution in [0.4, 0.5) is 0 Å². The number of hydrogen-bond donors (Lipinski definition) is 0. The van der Waals surface area contributed by atoms with Gasteiger partial charge < -0.3 is 7.43 Å². The molecule has 1 aliphatic rings. The third-order valence-corrected chi connectivity index (χ3v) is 2.54. The summed E-state index contributed by atoms with van der Waals surface area (Å²) in [6, 6.07) is 8.40. The maximum Gasteiger partial charge on any atom is 0.0708 e. The minimum Gasteiger partial charge on any atom is -0.358 e. The summed E-state index contributed by atoms with van der Waals surface area (Å²) in [4.78, 5) is 4.32. The Morgan fingerprint density at radius 1 is 1.00 bits per heavy atom. The summed E-state index contributed by atoms with van der Waals surface area (Å²) in [5.41, 5.74) is 3.86. The van der Waals surface area contributed by atoms with Crippen molar-refractivity contribution in [2.45, 2.75) is 34.1 Å². The van der Waals surface area contributed by atoms with E-state index in [-0.39, 0.29) is 40.1 Å². The van der Waals surface area contributed by atoms with Crippen LogP contribution in [0, 0.1) is 7.43 Å². The maximum absolute atomic E-state index is 4.32. The van der Waals surface area contributed by atoms with Crippen molar-refractivity contribution in [3.05, 3.63) is 55.1 Å². The fourth-order valence-electron chi connectivity index (χ4n) is 1.90. The zero-order chi connectivity index (χ0) is 12.7. The minimum absolute atomic E-state index is 0. The Bertz CT molecular complexity index is 504. The Kier molecular flexibility index (Phi) is 12.4. The van der Waals surface area contributed by atoms with Gasteiger partial charge in [-0.15, -0.1) is 0 Å². The largest absolute Gasteiger partial charge is 0.358 e. The molecule has 3 rings (SSSR count). The number of allylic oxidation sites excluding steroid dienone is 1. The Balaban J connectivity index is 0. The van der Waals surface area contributed by atoms with Crippen LogP contribution >= 0.6 is 0 Å². The first kappa shape index (κ1) is 20.8. The van der Waals surface area contributed by atoms with Gasteiger partial charge >= 0.3 is 0 Å². The van der Waals surface area contributed by atoms with Crippen molar-refractivity contribution < 1.29 is 32.7 Å². The van der Waals surface area contributed by atoms with E-state index in [0.717, 1.165) is 11.9 Å². The van der Waals surface area contributed by atoms with Crippen LogP contribution in [0.3, 0.4) is 0 Å². The van der Waals surface area contributed by atoms with E-state index in [1.165, 1.54) is 16.5 Å². The SMILES string of the molecule is C1=Cc2c(ccc3ncccc23)C1.CC.CC.[CH3-].[Y]. The van der Waals surface area contributed by atoms with Gasteiger partial charge in [-0.2, -0.15) is 0 Å². The van der Waals surface area contributed by atoms with Crippen molar-refractivity contribution in [2.75, 3.05) is 0 Å². The number of rotatable bonds is 0. The predicted molar refractivity (Wildman–Crippen MR) is 83.6 cm³/mol. The van der Waals surface area contributed by atoms with E-state index >= 15 is 0 Å². The molecule has 0 unspecified atom stereocenters. The molecule has 0 aliphatic heterocycles. The molecule has 101 valence electrons. The summed E-state index contributed by atoms with van der Waals surface area (Å²) in [5, 5.41) is 1.27. The minimum atomic E-state index is 0. The van der Waals surface area contributed by atoms with Crippen LogP contribution in [0.15, 0.2) is 36.5 Å². The van der Waals surface area contributed by atoms with Crippen molar-refractivity contribution in [3.63, 3.8) is 0 Å². The van der Waals surface area contributed by atoms with Gasteiger partial charge in [0.05, 0.1) is 5.52 Å². The first-order valence-corrected chi connectivity index (χ1v) is 6.48. The van der Waals surface area contributed by atoms with Crippen molar-refractivity contribution in [1.29, 1.82) is 0 Å². The molecule has 1 nitrogen and oxygen atoms in total. The van der Waals surface area contributed by atoms with Gasteiger partial charge in [0.1, 0.15) is 0 Å². The molecule has 0 amide bonds. The zero-order valence-electron chi connectivity index (χ0n) is 12.8. The second-order valence-electron chi connectivity index (χ2n) is 3.31. The van der Waals surface area contributed by atoms with Crippen LogP contribution in [0.2, 0.25) is 0 Å². The third-order valence-electron chi connectivity index (χ3n) is 2.54. The van der Waals surface area contributed by atoms with Crippen LogP contribution in [0.25, 0.3) is 17.0 Å². The van der Waals surface area contributed by atoms with Crippen LogP contribution < -0.4 is 0 Å². The normalized spacial score (nSPS) is 9.89. The van der Waals surface area contributed by atoms with E-state index in [1.807, 2.05) is 40.0 Å². The zero-order valence-corrected chi connectivity index (χ0v) is 15.6. The molecular formula is C17H24NY-. The summed E-state index contributed by atoms with van der Waals surface area (Å²) >= 11 is 0. The standard InChI is InChI=1S/C12H9N.2C2H6.CH3.Y/c1-3-9-6-7-12-11(10(9)4-1)5-2-8-13-12;2*1-2;;/h1-2,4-8H,3H2;2*1-2H3;1H3;/q;;;-1;. The molecule has 1 aliphatic carbocycles. The molecule has 0 atom stereocenters. The third kappa shape index (κ3) is 4.82. The van der Waals surface area contributed by atoms with Crippen molar-refractivity contribution in [3.8, 4) is 0 Å². The molecule has 0 spiro atoms. The van der Waals surface area contributed by atoms with Gasteiger partial charge in [-0.3, -0.25) is 4.98 Å². The monoisotopic (exact) mass is 331 g/mol. The average molecular weight is 331 g/mol. The molecule has 1 aromatic carbocycles. The summed E-state index contributed by atoms with van der Waals surface area (Å²) in [7, 11) is 0. The Morgan fingerprint density at radius 2 is 1.68 bits per heavy atom. The molecule has 2 aromatic rings. The fraction of sp³-hybridized carbons (Fsp3) is 0.294. The Labute approximate surface area is 143 Å². The van der Waals surface area contributed by atoms with Gasteiger partial charge in [0, 0.05) is 44.3 Å². The molecule has 19 heavy (non-hydrogen) atoms. The fourth-order valence-corrected chi connectivity index (χ4v) is 1.90. The van der Waals surface area contributed by atoms with E-state index in [1.54, 1.807) is 0 Å². The number of aromatic nitrogens is 1. The quantitative estimate of drug-likeness (QED) is 0.597. The van der Waals surface area contributed by atoms with Gasteiger partial charge in [-0.05, 0) is 29.7 Å². The van der Waals surface area contributed by atoms with Gasteiger partial charge in [-0.25, -0.2) is 0 Å². The van der Waals surface area contributed by atoms with E-state index in [0.29, 0.717) is 0 Å². The Morgan fingerprint density at radius 3 is 2.37 bits per heavy atom. The molecule has 1 heterocycles. The number of fused-ring (bicyclic) bond motifs is 3. The van der Waals surface area contributed by atoms with Gasteiger partial charge in [0.2, 0.25) is 0 Å². The van der Waals surface area contributed by atoms with E-state index < -0.39 is 0 Å². The summed E-state index contributed by atoms with van der Waals surface area (Å²) in [6.07, 6.45) is 7.31. The molecule has 0 fully saturated rings. The molecule has 1 aromatic heterocycles. The second-order valence-corrected chi connectivity index (χ2v) is 3.31. The van der Waals surface area contributed by atoms with E-state index in [9.17, 15) is 0 Å². The average Bonchev–Trinajstić information content (AvgIpc) is 2.92. The number of benzene rings is 1.